The highest BCUT2D eigenvalue weighted by Crippen LogP contribution is 2.36. The molecule has 0 N–H and O–H groups in total. The molecule has 0 bridgehead atoms. The molecule has 0 spiro atoms. The Morgan fingerprint density at radius 1 is 0.806 bits per heavy atom. The van der Waals surface area contributed by atoms with E-state index in [2.05, 4.69) is 82.4 Å². The van der Waals surface area contributed by atoms with E-state index in [0.29, 0.717) is 18.6 Å². The van der Waals surface area contributed by atoms with Crippen LogP contribution in [0.3, 0.4) is 0 Å². The minimum Gasteiger partial charge on any atom is -0.458 e. The lowest BCUT2D eigenvalue weighted by atomic mass is 10.0. The summed E-state index contributed by atoms with van der Waals surface area (Å²) in [6, 6.07) is 28.7. The number of ether oxygens (including phenoxy) is 1. The summed E-state index contributed by atoms with van der Waals surface area (Å²) < 4.78 is 12.5. The maximum atomic E-state index is 13.2. The third-order valence-corrected chi connectivity index (χ3v) is 12.0. The van der Waals surface area contributed by atoms with Gasteiger partial charge in [-0.2, -0.15) is 0 Å². The van der Waals surface area contributed by atoms with Gasteiger partial charge < -0.3 is 9.16 Å². The molecule has 0 aliphatic heterocycles. The zero-order chi connectivity index (χ0) is 25.8. The summed E-state index contributed by atoms with van der Waals surface area (Å²) in [5.74, 6) is -0.267. The molecule has 188 valence electrons. The van der Waals surface area contributed by atoms with Crippen molar-refractivity contribution in [2.45, 2.75) is 64.3 Å². The molecular formula is C32H38O3Si. The van der Waals surface area contributed by atoms with E-state index in [-0.39, 0.29) is 17.1 Å². The van der Waals surface area contributed by atoms with E-state index >= 15 is 0 Å². The molecule has 36 heavy (non-hydrogen) atoms. The number of hydrogen-bond acceptors (Lipinski definition) is 3. The molecule has 4 heteroatoms. The van der Waals surface area contributed by atoms with Crippen LogP contribution in [-0.4, -0.2) is 27.0 Å². The molecule has 0 amide bonds. The quantitative estimate of drug-likeness (QED) is 0.132. The number of hydrogen-bond donors (Lipinski definition) is 0. The smallest absolute Gasteiger partial charge is 0.338 e. The lowest BCUT2D eigenvalue weighted by Gasteiger charge is -2.36. The van der Waals surface area contributed by atoms with Gasteiger partial charge in [0.1, 0.15) is 6.10 Å². The summed E-state index contributed by atoms with van der Waals surface area (Å²) in [5, 5.41) is 4.76. The molecule has 0 aromatic heterocycles. The van der Waals surface area contributed by atoms with Crippen molar-refractivity contribution in [2.75, 3.05) is 6.61 Å². The van der Waals surface area contributed by atoms with E-state index in [9.17, 15) is 4.79 Å². The fourth-order valence-corrected chi connectivity index (χ4v) is 5.31. The number of carbonyl (C=O) groups is 1. The molecule has 4 aromatic rings. The van der Waals surface area contributed by atoms with E-state index in [1.807, 2.05) is 36.4 Å². The summed E-state index contributed by atoms with van der Waals surface area (Å²) in [4.78, 5) is 13.2. The molecule has 0 fully saturated rings. The van der Waals surface area contributed by atoms with E-state index in [0.717, 1.165) is 23.6 Å². The molecular weight excluding hydrogens is 460 g/mol. The molecule has 0 radical (unpaired) electrons. The van der Waals surface area contributed by atoms with Crippen molar-refractivity contribution in [3.63, 3.8) is 0 Å². The number of carbonyl (C=O) groups excluding carboxylic acids is 1. The Balaban J connectivity index is 1.48. The first kappa shape index (κ1) is 26.1. The van der Waals surface area contributed by atoms with Crippen LogP contribution in [0, 0.1) is 0 Å². The first-order chi connectivity index (χ1) is 17.1. The first-order valence-electron chi connectivity index (χ1n) is 12.9. The van der Waals surface area contributed by atoms with E-state index in [4.69, 9.17) is 9.16 Å². The van der Waals surface area contributed by atoms with Crippen LogP contribution in [0.15, 0.2) is 84.9 Å². The first-order valence-corrected chi connectivity index (χ1v) is 15.8. The standard InChI is InChI=1S/C32H38O3Si/c1-32(2,3)36(4,5)34-20-10-15-30(22-24-16-17-25-11-6-8-13-27(25)21-24)35-31(33)29-19-18-26-12-7-9-14-28(26)23-29/h6-9,11-14,16-19,21,23,30H,10,15,20,22H2,1-5H3. The molecule has 0 heterocycles. The van der Waals surface area contributed by atoms with Crippen molar-refractivity contribution in [3.05, 3.63) is 96.1 Å². The van der Waals surface area contributed by atoms with Crippen LogP contribution in [-0.2, 0) is 15.6 Å². The van der Waals surface area contributed by atoms with Crippen LogP contribution >= 0.6 is 0 Å². The highest BCUT2D eigenvalue weighted by atomic mass is 28.4. The van der Waals surface area contributed by atoms with Gasteiger partial charge in [0.2, 0.25) is 0 Å². The second kappa shape index (κ2) is 11.0. The van der Waals surface area contributed by atoms with Gasteiger partial charge in [0.05, 0.1) is 5.56 Å². The van der Waals surface area contributed by atoms with Gasteiger partial charge >= 0.3 is 5.97 Å². The molecule has 4 rings (SSSR count). The van der Waals surface area contributed by atoms with Gasteiger partial charge in [0.25, 0.3) is 0 Å². The number of rotatable bonds is 9. The van der Waals surface area contributed by atoms with Crippen LogP contribution < -0.4 is 0 Å². The average molecular weight is 499 g/mol. The van der Waals surface area contributed by atoms with Gasteiger partial charge in [-0.25, -0.2) is 4.79 Å². The van der Waals surface area contributed by atoms with E-state index in [1.54, 1.807) is 0 Å². The van der Waals surface area contributed by atoms with Crippen molar-refractivity contribution in [2.24, 2.45) is 0 Å². The van der Waals surface area contributed by atoms with Crippen molar-refractivity contribution >= 4 is 35.8 Å². The average Bonchev–Trinajstić information content (AvgIpc) is 2.85. The summed E-state index contributed by atoms with van der Waals surface area (Å²) in [7, 11) is -1.80. The molecule has 1 atom stereocenters. The van der Waals surface area contributed by atoms with E-state index < -0.39 is 8.32 Å². The SMILES string of the molecule is CC(C)(C)[Si](C)(C)OCCCC(Cc1ccc2ccccc2c1)OC(=O)c1ccc2ccccc2c1. The Morgan fingerprint density at radius 3 is 2.03 bits per heavy atom. The highest BCUT2D eigenvalue weighted by molar-refractivity contribution is 6.74. The van der Waals surface area contributed by atoms with Gasteiger partial charge in [-0.05, 0) is 70.2 Å². The predicted molar refractivity (Wildman–Crippen MR) is 153 cm³/mol. The van der Waals surface area contributed by atoms with Crippen molar-refractivity contribution in [1.29, 1.82) is 0 Å². The summed E-state index contributed by atoms with van der Waals surface area (Å²) >= 11 is 0. The number of esters is 1. The van der Waals surface area contributed by atoms with Gasteiger partial charge in [0.15, 0.2) is 8.32 Å². The molecule has 0 aliphatic carbocycles. The lowest BCUT2D eigenvalue weighted by Crippen LogP contribution is -2.41. The molecule has 4 aromatic carbocycles. The Kier molecular flexibility index (Phi) is 7.96. The minimum absolute atomic E-state index is 0.181. The molecule has 0 saturated heterocycles. The van der Waals surface area contributed by atoms with Gasteiger partial charge in [0, 0.05) is 13.0 Å². The normalized spacial score (nSPS) is 13.1. The van der Waals surface area contributed by atoms with Crippen LogP contribution in [0.2, 0.25) is 18.1 Å². The third kappa shape index (κ3) is 6.43. The monoisotopic (exact) mass is 498 g/mol. The zero-order valence-electron chi connectivity index (χ0n) is 22.2. The largest absolute Gasteiger partial charge is 0.458 e. The predicted octanol–water partition coefficient (Wildman–Crippen LogP) is 8.56. The maximum Gasteiger partial charge on any atom is 0.338 e. The number of benzene rings is 4. The number of fused-ring (bicyclic) bond motifs is 2. The second-order valence-electron chi connectivity index (χ2n) is 11.2. The zero-order valence-corrected chi connectivity index (χ0v) is 23.2. The van der Waals surface area contributed by atoms with Crippen molar-refractivity contribution in [1.82, 2.24) is 0 Å². The van der Waals surface area contributed by atoms with Crippen LogP contribution in [0.1, 0.15) is 49.5 Å². The Labute approximate surface area is 216 Å². The summed E-state index contributed by atoms with van der Waals surface area (Å²) in [6.07, 6.45) is 2.09. The Morgan fingerprint density at radius 2 is 1.39 bits per heavy atom. The highest BCUT2D eigenvalue weighted by Gasteiger charge is 2.36. The third-order valence-electron chi connectivity index (χ3n) is 7.48. The summed E-state index contributed by atoms with van der Waals surface area (Å²) in [5.41, 5.74) is 1.77. The van der Waals surface area contributed by atoms with Gasteiger partial charge in [-0.1, -0.05) is 93.6 Å². The van der Waals surface area contributed by atoms with Gasteiger partial charge in [-0.3, -0.25) is 0 Å². The van der Waals surface area contributed by atoms with Gasteiger partial charge in [-0.15, -0.1) is 0 Å². The van der Waals surface area contributed by atoms with Crippen LogP contribution in [0.25, 0.3) is 21.5 Å². The fraction of sp³-hybridized carbons (Fsp3) is 0.344. The molecule has 0 saturated carbocycles. The fourth-order valence-electron chi connectivity index (χ4n) is 4.22. The lowest BCUT2D eigenvalue weighted by molar-refractivity contribution is 0.0269. The topological polar surface area (TPSA) is 35.5 Å². The van der Waals surface area contributed by atoms with Crippen LogP contribution in [0.4, 0.5) is 0 Å². The van der Waals surface area contributed by atoms with Crippen molar-refractivity contribution < 1.29 is 14.0 Å². The Bertz CT molecular complexity index is 1340. The molecule has 3 nitrogen and oxygen atoms in total. The van der Waals surface area contributed by atoms with Crippen molar-refractivity contribution in [3.8, 4) is 0 Å². The van der Waals surface area contributed by atoms with E-state index in [1.165, 1.54) is 16.3 Å². The second-order valence-corrected chi connectivity index (χ2v) is 16.0. The minimum atomic E-state index is -1.80. The van der Waals surface area contributed by atoms with Crippen LogP contribution in [0.5, 0.6) is 0 Å². The Hall–Kier alpha value is -2.95. The molecule has 1 unspecified atom stereocenters. The maximum absolute atomic E-state index is 13.2. The summed E-state index contributed by atoms with van der Waals surface area (Å²) in [6.45, 7) is 12.0. The molecule has 0 aliphatic rings.